The van der Waals surface area contributed by atoms with Gasteiger partial charge < -0.3 is 19.9 Å². The highest BCUT2D eigenvalue weighted by atomic mass is 16.6. The highest BCUT2D eigenvalue weighted by Crippen LogP contribution is 2.29. The molecule has 0 bridgehead atoms. The first-order valence-corrected chi connectivity index (χ1v) is 8.59. The Labute approximate surface area is 148 Å². The lowest BCUT2D eigenvalue weighted by molar-refractivity contribution is 0.00125. The van der Waals surface area contributed by atoms with Crippen LogP contribution in [0.1, 0.15) is 38.1 Å². The van der Waals surface area contributed by atoms with Crippen LogP contribution in [0.5, 0.6) is 0 Å². The van der Waals surface area contributed by atoms with E-state index >= 15 is 0 Å². The van der Waals surface area contributed by atoms with Crippen molar-refractivity contribution in [3.8, 4) is 11.4 Å². The number of carbonyl (C=O) groups excluding carboxylic acids is 1. The zero-order valence-corrected chi connectivity index (χ0v) is 15.3. The van der Waals surface area contributed by atoms with Crippen molar-refractivity contribution in [2.75, 3.05) is 13.1 Å². The largest absolute Gasteiger partial charge is 0.444 e. The second-order valence-corrected chi connectivity index (χ2v) is 7.55. The van der Waals surface area contributed by atoms with Crippen molar-refractivity contribution >= 4 is 6.09 Å². The number of aromatic nitrogens is 2. The topological polar surface area (TPSA) is 73.4 Å². The smallest absolute Gasteiger partial charge is 0.410 e. The molecule has 0 aliphatic carbocycles. The summed E-state index contributed by atoms with van der Waals surface area (Å²) < 4.78 is 7.58. The van der Waals surface area contributed by atoms with E-state index in [0.717, 1.165) is 22.6 Å². The molecule has 0 saturated carbocycles. The van der Waals surface area contributed by atoms with E-state index in [0.29, 0.717) is 19.6 Å². The van der Waals surface area contributed by atoms with E-state index in [1.807, 2.05) is 58.2 Å². The second kappa shape index (κ2) is 6.52. The molecule has 0 unspecified atom stereocenters. The molecule has 6 heteroatoms. The van der Waals surface area contributed by atoms with Crippen molar-refractivity contribution < 1.29 is 9.53 Å². The molecule has 1 amide bonds. The fraction of sp³-hybridized carbons (Fsp3) is 0.474. The lowest BCUT2D eigenvalue weighted by Crippen LogP contribution is -2.52. The fourth-order valence-electron chi connectivity index (χ4n) is 2.90. The minimum atomic E-state index is -0.469. The molecule has 1 aromatic carbocycles. The first-order valence-electron chi connectivity index (χ1n) is 8.59. The van der Waals surface area contributed by atoms with Gasteiger partial charge in [0.25, 0.3) is 0 Å². The molecule has 1 fully saturated rings. The molecule has 0 spiro atoms. The van der Waals surface area contributed by atoms with Crippen LogP contribution in [-0.4, -0.2) is 39.2 Å². The number of imidazole rings is 1. The number of aryl methyl sites for hydroxylation is 1. The van der Waals surface area contributed by atoms with Crippen LogP contribution >= 0.6 is 0 Å². The predicted octanol–water partition coefficient (Wildman–Crippen LogP) is 3.11. The molecule has 134 valence electrons. The Morgan fingerprint density at radius 1 is 1.28 bits per heavy atom. The zero-order valence-electron chi connectivity index (χ0n) is 15.3. The Morgan fingerprint density at radius 2 is 1.92 bits per heavy atom. The molecule has 2 N–H and O–H groups in total. The quantitative estimate of drug-likeness (QED) is 0.930. The lowest BCUT2D eigenvalue weighted by Gasteiger charge is -2.40. The van der Waals surface area contributed by atoms with Gasteiger partial charge in [0.1, 0.15) is 11.4 Å². The first kappa shape index (κ1) is 17.5. The Morgan fingerprint density at radius 3 is 2.48 bits per heavy atom. The van der Waals surface area contributed by atoms with E-state index in [1.54, 1.807) is 4.90 Å². The number of nitrogens with two attached hydrogens (primary N) is 1. The molecule has 2 heterocycles. The normalized spacial score (nSPS) is 15.2. The van der Waals surface area contributed by atoms with Gasteiger partial charge in [0.2, 0.25) is 0 Å². The number of rotatable bonds is 3. The van der Waals surface area contributed by atoms with Gasteiger partial charge in [-0.2, -0.15) is 0 Å². The van der Waals surface area contributed by atoms with Crippen LogP contribution in [0, 0.1) is 6.92 Å². The first-order chi connectivity index (χ1) is 11.8. The number of likely N-dealkylation sites (tertiary alicyclic amines) is 1. The van der Waals surface area contributed by atoms with Crippen LogP contribution in [0.3, 0.4) is 0 Å². The summed E-state index contributed by atoms with van der Waals surface area (Å²) in [5.41, 5.74) is 8.32. The van der Waals surface area contributed by atoms with Crippen LogP contribution in [0.4, 0.5) is 4.79 Å². The highest BCUT2D eigenvalue weighted by Gasteiger charge is 2.35. The summed E-state index contributed by atoms with van der Waals surface area (Å²) >= 11 is 0. The van der Waals surface area contributed by atoms with Gasteiger partial charge in [-0.1, -0.05) is 24.3 Å². The number of ether oxygens (including phenoxy) is 1. The van der Waals surface area contributed by atoms with Gasteiger partial charge in [-0.3, -0.25) is 0 Å². The Balaban J connectivity index is 1.73. The molecular formula is C19H26N4O2. The lowest BCUT2D eigenvalue weighted by atomic mass is 10.1. The maximum absolute atomic E-state index is 12.1. The van der Waals surface area contributed by atoms with Crippen molar-refractivity contribution in [1.29, 1.82) is 0 Å². The summed E-state index contributed by atoms with van der Waals surface area (Å²) in [5, 5.41) is 0. The van der Waals surface area contributed by atoms with Gasteiger partial charge >= 0.3 is 6.09 Å². The third-order valence-corrected chi connectivity index (χ3v) is 4.21. The number of hydrogen-bond acceptors (Lipinski definition) is 4. The molecule has 1 aliphatic rings. The van der Waals surface area contributed by atoms with Crippen LogP contribution in [0.2, 0.25) is 0 Å². The summed E-state index contributed by atoms with van der Waals surface area (Å²) in [5.74, 6) is 0.926. The summed E-state index contributed by atoms with van der Waals surface area (Å²) in [6.45, 7) is 9.43. The molecular weight excluding hydrogens is 316 g/mol. The van der Waals surface area contributed by atoms with E-state index in [2.05, 4.69) is 9.55 Å². The summed E-state index contributed by atoms with van der Waals surface area (Å²) in [6, 6.07) is 8.36. The number of amides is 1. The molecule has 6 nitrogen and oxygen atoms in total. The average Bonchev–Trinajstić information content (AvgIpc) is 2.85. The van der Waals surface area contributed by atoms with E-state index in [-0.39, 0.29) is 12.1 Å². The Bertz CT molecular complexity index is 753. The van der Waals surface area contributed by atoms with Crippen LogP contribution < -0.4 is 5.73 Å². The van der Waals surface area contributed by atoms with Gasteiger partial charge in [-0.05, 0) is 33.3 Å². The Hall–Kier alpha value is -2.34. The van der Waals surface area contributed by atoms with Crippen molar-refractivity contribution in [1.82, 2.24) is 14.5 Å². The van der Waals surface area contributed by atoms with Crippen molar-refractivity contribution in [3.63, 3.8) is 0 Å². The molecule has 1 aliphatic heterocycles. The Kier molecular flexibility index (Phi) is 4.56. The summed E-state index contributed by atoms with van der Waals surface area (Å²) in [6.07, 6.45) is 1.79. The highest BCUT2D eigenvalue weighted by molar-refractivity contribution is 5.69. The van der Waals surface area contributed by atoms with Crippen LogP contribution in [0.25, 0.3) is 11.4 Å². The maximum atomic E-state index is 12.1. The van der Waals surface area contributed by atoms with Crippen molar-refractivity contribution in [2.45, 2.75) is 45.9 Å². The van der Waals surface area contributed by atoms with E-state index in [4.69, 9.17) is 10.5 Å². The molecule has 0 atom stereocenters. The van der Waals surface area contributed by atoms with E-state index < -0.39 is 5.60 Å². The molecule has 1 aromatic heterocycles. The van der Waals surface area contributed by atoms with Crippen LogP contribution in [-0.2, 0) is 11.3 Å². The van der Waals surface area contributed by atoms with Crippen LogP contribution in [0.15, 0.2) is 30.5 Å². The third-order valence-electron chi connectivity index (χ3n) is 4.21. The summed E-state index contributed by atoms with van der Waals surface area (Å²) in [4.78, 5) is 18.5. The standard InChI is InChI=1S/C19H26N4O2/c1-13-10-23(16-11-22(12-16)18(24)25-19(2,3)4)17(21-13)15-7-5-14(9-20)6-8-15/h5-8,10,16H,9,11-12,20H2,1-4H3. The minimum absolute atomic E-state index is 0.220. The second-order valence-electron chi connectivity index (χ2n) is 7.55. The molecule has 0 radical (unpaired) electrons. The molecule has 1 saturated heterocycles. The number of hydrogen-bond donors (Lipinski definition) is 1. The number of benzene rings is 1. The van der Waals surface area contributed by atoms with E-state index in [9.17, 15) is 4.79 Å². The van der Waals surface area contributed by atoms with Crippen molar-refractivity contribution in [3.05, 3.63) is 41.7 Å². The van der Waals surface area contributed by atoms with Gasteiger partial charge in [0.05, 0.1) is 11.7 Å². The third kappa shape index (κ3) is 3.85. The fourth-order valence-corrected chi connectivity index (χ4v) is 2.90. The van der Waals surface area contributed by atoms with Gasteiger partial charge in [0, 0.05) is 31.4 Å². The van der Waals surface area contributed by atoms with Gasteiger partial charge in [-0.25, -0.2) is 9.78 Å². The predicted molar refractivity (Wildman–Crippen MR) is 97.1 cm³/mol. The average molecular weight is 342 g/mol. The number of carbonyl (C=O) groups is 1. The number of nitrogens with zero attached hydrogens (tertiary/aromatic N) is 3. The monoisotopic (exact) mass is 342 g/mol. The summed E-state index contributed by atoms with van der Waals surface area (Å²) in [7, 11) is 0. The molecule has 3 rings (SSSR count). The zero-order chi connectivity index (χ0) is 18.2. The minimum Gasteiger partial charge on any atom is -0.444 e. The maximum Gasteiger partial charge on any atom is 0.410 e. The molecule has 25 heavy (non-hydrogen) atoms. The SMILES string of the molecule is Cc1cn(C2CN(C(=O)OC(C)(C)C)C2)c(-c2ccc(CN)cc2)n1. The van der Waals surface area contributed by atoms with Gasteiger partial charge in [0.15, 0.2) is 0 Å². The van der Waals surface area contributed by atoms with E-state index in [1.165, 1.54) is 0 Å². The van der Waals surface area contributed by atoms with Crippen molar-refractivity contribution in [2.24, 2.45) is 5.73 Å². The molecule has 2 aromatic rings. The van der Waals surface area contributed by atoms with Gasteiger partial charge in [-0.15, -0.1) is 0 Å².